The number of aromatic nitrogens is 3. The Balaban J connectivity index is 1.67. The molecule has 4 rings (SSSR count). The molecule has 0 spiro atoms. The van der Waals surface area contributed by atoms with Crippen molar-refractivity contribution in [2.75, 3.05) is 10.6 Å². The van der Waals surface area contributed by atoms with Crippen LogP contribution in [0.1, 0.15) is 31.2 Å². The lowest BCUT2D eigenvalue weighted by molar-refractivity contribution is 0.619. The fourth-order valence-corrected chi connectivity index (χ4v) is 3.29. The molecule has 0 unspecified atom stereocenters. The second kappa shape index (κ2) is 7.70. The Morgan fingerprint density at radius 1 is 1.00 bits per heavy atom. The van der Waals surface area contributed by atoms with Gasteiger partial charge in [-0.15, -0.1) is 0 Å². The van der Waals surface area contributed by atoms with E-state index in [0.29, 0.717) is 29.1 Å². The summed E-state index contributed by atoms with van der Waals surface area (Å²) >= 11 is 0. The van der Waals surface area contributed by atoms with Crippen LogP contribution >= 0.6 is 0 Å². The summed E-state index contributed by atoms with van der Waals surface area (Å²) in [5.74, 6) is 0.929. The van der Waals surface area contributed by atoms with Crippen molar-refractivity contribution >= 4 is 17.5 Å². The standard InChI is InChI=1S/C21H22FN5/c1-14-9-10-16(12-17(14)22)24-20-13-19(18-8-4-5-11-23-18)26-21(27-20)25-15-6-2-3-7-15/h4-5,8-13,15H,2-3,6-7H2,1H3,(H2,24,25,26,27). The predicted octanol–water partition coefficient (Wildman–Crippen LogP) is 5.08. The maximum Gasteiger partial charge on any atom is 0.225 e. The van der Waals surface area contributed by atoms with Crippen LogP contribution in [0.3, 0.4) is 0 Å². The molecule has 1 fully saturated rings. The van der Waals surface area contributed by atoms with Crippen LogP contribution in [-0.2, 0) is 0 Å². The van der Waals surface area contributed by atoms with Crippen LogP contribution < -0.4 is 10.6 Å². The highest BCUT2D eigenvalue weighted by Crippen LogP contribution is 2.26. The summed E-state index contributed by atoms with van der Waals surface area (Å²) in [7, 11) is 0. The molecule has 1 aliphatic carbocycles. The summed E-state index contributed by atoms with van der Waals surface area (Å²) < 4.78 is 13.9. The van der Waals surface area contributed by atoms with Crippen LogP contribution in [0.4, 0.5) is 21.8 Å². The largest absolute Gasteiger partial charge is 0.351 e. The molecular weight excluding hydrogens is 341 g/mol. The van der Waals surface area contributed by atoms with Crippen molar-refractivity contribution in [1.29, 1.82) is 0 Å². The monoisotopic (exact) mass is 363 g/mol. The fourth-order valence-electron chi connectivity index (χ4n) is 3.29. The van der Waals surface area contributed by atoms with Crippen LogP contribution in [0.25, 0.3) is 11.4 Å². The number of pyridine rings is 1. The number of hydrogen-bond donors (Lipinski definition) is 2. The summed E-state index contributed by atoms with van der Waals surface area (Å²) in [5, 5.41) is 6.62. The number of nitrogens with zero attached hydrogens (tertiary/aromatic N) is 3. The van der Waals surface area contributed by atoms with Crippen molar-refractivity contribution in [3.8, 4) is 11.4 Å². The van der Waals surface area contributed by atoms with Gasteiger partial charge in [-0.1, -0.05) is 25.0 Å². The summed E-state index contributed by atoms with van der Waals surface area (Å²) in [6, 6.07) is 13.0. The highest BCUT2D eigenvalue weighted by molar-refractivity contribution is 5.65. The van der Waals surface area contributed by atoms with Crippen molar-refractivity contribution in [3.63, 3.8) is 0 Å². The van der Waals surface area contributed by atoms with Gasteiger partial charge in [0.1, 0.15) is 11.6 Å². The molecule has 2 heterocycles. The van der Waals surface area contributed by atoms with Gasteiger partial charge >= 0.3 is 0 Å². The Morgan fingerprint density at radius 3 is 2.59 bits per heavy atom. The third-order valence-electron chi connectivity index (χ3n) is 4.79. The maximum absolute atomic E-state index is 13.9. The first-order valence-electron chi connectivity index (χ1n) is 9.27. The second-order valence-electron chi connectivity index (χ2n) is 6.89. The Hall–Kier alpha value is -3.02. The number of rotatable bonds is 5. The molecule has 138 valence electrons. The highest BCUT2D eigenvalue weighted by Gasteiger charge is 2.17. The molecule has 0 amide bonds. The molecule has 27 heavy (non-hydrogen) atoms. The van der Waals surface area contributed by atoms with Crippen LogP contribution in [0.5, 0.6) is 0 Å². The van der Waals surface area contributed by atoms with E-state index in [1.165, 1.54) is 18.9 Å². The minimum atomic E-state index is -0.247. The third-order valence-corrected chi connectivity index (χ3v) is 4.79. The van der Waals surface area contributed by atoms with Crippen molar-refractivity contribution in [2.24, 2.45) is 0 Å². The maximum atomic E-state index is 13.9. The third kappa shape index (κ3) is 4.22. The van der Waals surface area contributed by atoms with Crippen molar-refractivity contribution in [3.05, 3.63) is 60.0 Å². The van der Waals surface area contributed by atoms with Crippen LogP contribution in [0.2, 0.25) is 0 Å². The molecule has 2 N–H and O–H groups in total. The van der Waals surface area contributed by atoms with E-state index in [9.17, 15) is 4.39 Å². The molecule has 1 aromatic carbocycles. The zero-order valence-electron chi connectivity index (χ0n) is 15.2. The van der Waals surface area contributed by atoms with Gasteiger partial charge < -0.3 is 10.6 Å². The minimum Gasteiger partial charge on any atom is -0.351 e. The average Bonchev–Trinajstić information content (AvgIpc) is 3.18. The first kappa shape index (κ1) is 17.4. The molecule has 0 radical (unpaired) electrons. The van der Waals surface area contributed by atoms with Gasteiger partial charge in [-0.05, 0) is 49.6 Å². The van der Waals surface area contributed by atoms with Crippen molar-refractivity contribution in [1.82, 2.24) is 15.0 Å². The quantitative estimate of drug-likeness (QED) is 0.661. The zero-order chi connectivity index (χ0) is 18.6. The van der Waals surface area contributed by atoms with E-state index < -0.39 is 0 Å². The van der Waals surface area contributed by atoms with Gasteiger partial charge in [0.25, 0.3) is 0 Å². The Kier molecular flexibility index (Phi) is 4.96. The van der Waals surface area contributed by atoms with Gasteiger partial charge in [-0.2, -0.15) is 4.98 Å². The lowest BCUT2D eigenvalue weighted by Gasteiger charge is -2.15. The molecule has 1 aliphatic rings. The molecule has 0 bridgehead atoms. The minimum absolute atomic E-state index is 0.247. The topological polar surface area (TPSA) is 62.7 Å². The normalized spacial score (nSPS) is 14.3. The van der Waals surface area contributed by atoms with E-state index in [0.717, 1.165) is 24.2 Å². The van der Waals surface area contributed by atoms with Crippen molar-refractivity contribution in [2.45, 2.75) is 38.6 Å². The number of aryl methyl sites for hydroxylation is 1. The molecule has 0 saturated heterocycles. The fraction of sp³-hybridized carbons (Fsp3) is 0.286. The number of hydrogen-bond acceptors (Lipinski definition) is 5. The van der Waals surface area contributed by atoms with Crippen LogP contribution in [0, 0.1) is 12.7 Å². The molecule has 0 atom stereocenters. The Morgan fingerprint density at radius 2 is 1.85 bits per heavy atom. The molecule has 6 heteroatoms. The molecule has 1 saturated carbocycles. The molecule has 3 aromatic rings. The van der Waals surface area contributed by atoms with Gasteiger partial charge in [0.05, 0.1) is 11.4 Å². The van der Waals surface area contributed by atoms with Gasteiger partial charge in [0, 0.05) is 24.0 Å². The van der Waals surface area contributed by atoms with Gasteiger partial charge in [0.2, 0.25) is 5.95 Å². The molecule has 5 nitrogen and oxygen atoms in total. The average molecular weight is 363 g/mol. The highest BCUT2D eigenvalue weighted by atomic mass is 19.1. The SMILES string of the molecule is Cc1ccc(Nc2cc(-c3ccccn3)nc(NC3CCCC3)n2)cc1F. The van der Waals surface area contributed by atoms with Crippen LogP contribution in [0.15, 0.2) is 48.7 Å². The number of nitrogens with one attached hydrogen (secondary N) is 2. The van der Waals surface area contributed by atoms with E-state index in [1.807, 2.05) is 30.3 Å². The van der Waals surface area contributed by atoms with Gasteiger partial charge in [-0.25, -0.2) is 9.37 Å². The number of benzene rings is 1. The lowest BCUT2D eigenvalue weighted by atomic mass is 10.2. The summed E-state index contributed by atoms with van der Waals surface area (Å²) in [6.45, 7) is 1.74. The lowest BCUT2D eigenvalue weighted by Crippen LogP contribution is -2.17. The van der Waals surface area contributed by atoms with E-state index in [1.54, 1.807) is 19.2 Å². The summed E-state index contributed by atoms with van der Waals surface area (Å²) in [4.78, 5) is 13.6. The second-order valence-corrected chi connectivity index (χ2v) is 6.89. The number of halogens is 1. The van der Waals surface area contributed by atoms with Gasteiger partial charge in [0.15, 0.2) is 0 Å². The first-order valence-corrected chi connectivity index (χ1v) is 9.27. The summed E-state index contributed by atoms with van der Waals surface area (Å²) in [5.41, 5.74) is 2.75. The van der Waals surface area contributed by atoms with E-state index >= 15 is 0 Å². The van der Waals surface area contributed by atoms with E-state index in [2.05, 4.69) is 25.6 Å². The predicted molar refractivity (Wildman–Crippen MR) is 106 cm³/mol. The Labute approximate surface area is 158 Å². The van der Waals surface area contributed by atoms with Gasteiger partial charge in [-0.3, -0.25) is 4.98 Å². The van der Waals surface area contributed by atoms with Crippen LogP contribution in [-0.4, -0.2) is 21.0 Å². The molecule has 0 aliphatic heterocycles. The summed E-state index contributed by atoms with van der Waals surface area (Å²) in [6.07, 6.45) is 6.45. The Bertz CT molecular complexity index is 923. The van der Waals surface area contributed by atoms with E-state index in [-0.39, 0.29) is 5.82 Å². The first-order chi connectivity index (χ1) is 13.2. The number of anilines is 3. The van der Waals surface area contributed by atoms with Crippen molar-refractivity contribution < 1.29 is 4.39 Å². The zero-order valence-corrected chi connectivity index (χ0v) is 15.2. The molecule has 2 aromatic heterocycles. The molecular formula is C21H22FN5. The van der Waals surface area contributed by atoms with E-state index in [4.69, 9.17) is 0 Å². The smallest absolute Gasteiger partial charge is 0.225 e.